The van der Waals surface area contributed by atoms with Gasteiger partial charge >= 0.3 is 0 Å². The molecule has 0 bridgehead atoms. The van der Waals surface area contributed by atoms with Crippen molar-refractivity contribution in [3.05, 3.63) is 11.6 Å². The first kappa shape index (κ1) is 48.1. The third-order valence-corrected chi connectivity index (χ3v) is 18.2. The molecular formula is C46H74O18. The van der Waals surface area contributed by atoms with E-state index in [1.165, 1.54) is 5.57 Å². The molecule has 10 N–H and O–H groups in total. The lowest BCUT2D eigenvalue weighted by Gasteiger charge is -2.58. The zero-order chi connectivity index (χ0) is 45.6. The molecule has 18 heteroatoms. The van der Waals surface area contributed by atoms with Crippen LogP contribution in [0.15, 0.2) is 11.6 Å². The Kier molecular flexibility index (Phi) is 13.8. The summed E-state index contributed by atoms with van der Waals surface area (Å²) in [5.41, 5.74) is 1.50. The highest BCUT2D eigenvalue weighted by Gasteiger charge is 2.69. The van der Waals surface area contributed by atoms with Gasteiger partial charge in [0.05, 0.1) is 50.8 Å². The summed E-state index contributed by atoms with van der Waals surface area (Å²) in [4.78, 5) is 0. The summed E-state index contributed by atoms with van der Waals surface area (Å²) in [6, 6.07) is 0. The standard InChI is InChI=1S/C46H74O18/c1-20-29(16-48)59-43(40(33(20)51)63-42-37(55)35(53)34(52)30(17-49)60-42)62-39-31(18-50)61-41(38(56)36(39)54)58-24-8-10-44(3)23(13-24)5-6-25-26(44)9-11-45(4)27(25)14-28-32(45)21(2)46(64-28)12-7-22(15-47)19-57-46/h5,20-22,24-43,47-56H,6-19H2,1-4H3. The van der Waals surface area contributed by atoms with E-state index in [9.17, 15) is 51.1 Å². The van der Waals surface area contributed by atoms with Crippen LogP contribution in [0.25, 0.3) is 0 Å². The highest BCUT2D eigenvalue weighted by Crippen LogP contribution is 2.70. The van der Waals surface area contributed by atoms with Gasteiger partial charge in [-0.05, 0) is 85.9 Å². The van der Waals surface area contributed by atoms with E-state index in [0.29, 0.717) is 43.1 Å². The number of aliphatic hydroxyl groups is 10. The van der Waals surface area contributed by atoms with Gasteiger partial charge in [0.2, 0.25) is 0 Å². The van der Waals surface area contributed by atoms with E-state index in [0.717, 1.165) is 44.9 Å². The van der Waals surface area contributed by atoms with Crippen LogP contribution in [-0.2, 0) is 37.9 Å². The maximum Gasteiger partial charge on any atom is 0.187 e. The number of aliphatic hydroxyl groups excluding tert-OH is 10. The lowest BCUT2D eigenvalue weighted by molar-refractivity contribution is -0.386. The quantitative estimate of drug-likeness (QED) is 0.123. The molecule has 26 atom stereocenters. The average Bonchev–Trinajstić information content (AvgIpc) is 3.74. The molecule has 366 valence electrons. The van der Waals surface area contributed by atoms with Crippen LogP contribution in [-0.4, -0.2) is 188 Å². The first-order chi connectivity index (χ1) is 30.5. The van der Waals surface area contributed by atoms with E-state index >= 15 is 0 Å². The summed E-state index contributed by atoms with van der Waals surface area (Å²) in [5, 5.41) is 106. The molecule has 5 saturated heterocycles. The van der Waals surface area contributed by atoms with Crippen LogP contribution < -0.4 is 0 Å². The number of rotatable bonds is 10. The van der Waals surface area contributed by atoms with Crippen molar-refractivity contribution in [3.63, 3.8) is 0 Å². The molecule has 4 aliphatic carbocycles. The fourth-order valence-corrected chi connectivity index (χ4v) is 14.4. The van der Waals surface area contributed by atoms with E-state index in [2.05, 4.69) is 26.8 Å². The molecule has 3 saturated carbocycles. The molecule has 1 spiro atoms. The smallest absolute Gasteiger partial charge is 0.187 e. The third-order valence-electron chi connectivity index (χ3n) is 18.2. The fourth-order valence-electron chi connectivity index (χ4n) is 14.4. The maximum atomic E-state index is 11.6. The minimum Gasteiger partial charge on any atom is -0.396 e. The SMILES string of the molecule is CC1C(CO)OC(OC2C(CO)OC(OC3CCC4(C)C(=CCC5C4CCC4(C)C5CC5OC6(CCC(CO)CO6)C(C)C54)C3)C(O)C2O)C(OC2OC(CO)C(O)C(O)C2O)C1O. The summed E-state index contributed by atoms with van der Waals surface area (Å²) in [7, 11) is 0. The maximum absolute atomic E-state index is 11.6. The van der Waals surface area contributed by atoms with Gasteiger partial charge in [-0.1, -0.05) is 39.3 Å². The molecule has 0 aromatic carbocycles. The van der Waals surface area contributed by atoms with Crippen molar-refractivity contribution in [3.8, 4) is 0 Å². The second-order valence-corrected chi connectivity index (χ2v) is 21.4. The zero-order valence-corrected chi connectivity index (χ0v) is 37.5. The summed E-state index contributed by atoms with van der Waals surface area (Å²) in [5.74, 6) is 1.22. The highest BCUT2D eigenvalue weighted by molar-refractivity contribution is 5.26. The van der Waals surface area contributed by atoms with Gasteiger partial charge in [-0.15, -0.1) is 0 Å². The van der Waals surface area contributed by atoms with Gasteiger partial charge in [0.1, 0.15) is 54.9 Å². The Hall–Kier alpha value is -0.980. The summed E-state index contributed by atoms with van der Waals surface area (Å²) in [6.45, 7) is 7.62. The van der Waals surface area contributed by atoms with Gasteiger partial charge in [-0.2, -0.15) is 0 Å². The van der Waals surface area contributed by atoms with Crippen molar-refractivity contribution >= 4 is 0 Å². The zero-order valence-electron chi connectivity index (χ0n) is 37.5. The van der Waals surface area contributed by atoms with Crippen LogP contribution in [0, 0.1) is 52.3 Å². The van der Waals surface area contributed by atoms with E-state index in [1.807, 2.05) is 0 Å². The molecule has 9 aliphatic rings. The van der Waals surface area contributed by atoms with Gasteiger partial charge in [-0.3, -0.25) is 0 Å². The largest absolute Gasteiger partial charge is 0.396 e. The van der Waals surface area contributed by atoms with E-state index < -0.39 is 118 Å². The number of fused-ring (bicyclic) bond motifs is 7. The summed E-state index contributed by atoms with van der Waals surface area (Å²) < 4.78 is 49.5. The molecule has 26 unspecified atom stereocenters. The van der Waals surface area contributed by atoms with Crippen molar-refractivity contribution in [2.24, 2.45) is 52.3 Å². The van der Waals surface area contributed by atoms with Crippen molar-refractivity contribution in [2.45, 2.75) is 189 Å². The third kappa shape index (κ3) is 7.88. The Bertz CT molecular complexity index is 1640. The predicted octanol–water partition coefficient (Wildman–Crippen LogP) is -0.566. The first-order valence-electron chi connectivity index (χ1n) is 24.0. The molecule has 0 radical (unpaired) electrons. The monoisotopic (exact) mass is 914 g/mol. The molecule has 0 aromatic rings. The lowest BCUT2D eigenvalue weighted by atomic mass is 9.47. The van der Waals surface area contributed by atoms with Crippen molar-refractivity contribution < 1.29 is 89.0 Å². The molecule has 64 heavy (non-hydrogen) atoms. The molecule has 0 aromatic heterocycles. The molecule has 0 amide bonds. The Morgan fingerprint density at radius 1 is 0.656 bits per heavy atom. The van der Waals surface area contributed by atoms with Crippen LogP contribution in [0.5, 0.6) is 0 Å². The molecular weight excluding hydrogens is 840 g/mol. The van der Waals surface area contributed by atoms with Crippen LogP contribution >= 0.6 is 0 Å². The predicted molar refractivity (Wildman–Crippen MR) is 220 cm³/mol. The van der Waals surface area contributed by atoms with Crippen LogP contribution in [0.3, 0.4) is 0 Å². The molecule has 9 rings (SSSR count). The van der Waals surface area contributed by atoms with Crippen molar-refractivity contribution in [1.29, 1.82) is 0 Å². The highest BCUT2D eigenvalue weighted by atomic mass is 16.8. The summed E-state index contributed by atoms with van der Waals surface area (Å²) >= 11 is 0. The van der Waals surface area contributed by atoms with E-state index in [4.69, 9.17) is 37.9 Å². The molecule has 5 aliphatic heterocycles. The van der Waals surface area contributed by atoms with Crippen molar-refractivity contribution in [2.75, 3.05) is 33.0 Å². The Morgan fingerprint density at radius 2 is 1.33 bits per heavy atom. The Labute approximate surface area is 374 Å². The van der Waals surface area contributed by atoms with Crippen LogP contribution in [0.2, 0.25) is 0 Å². The van der Waals surface area contributed by atoms with Crippen molar-refractivity contribution in [1.82, 2.24) is 0 Å². The van der Waals surface area contributed by atoms with Crippen LogP contribution in [0.4, 0.5) is 0 Å². The first-order valence-corrected chi connectivity index (χ1v) is 24.0. The number of allylic oxidation sites excluding steroid dienone is 1. The molecule has 18 nitrogen and oxygen atoms in total. The van der Waals surface area contributed by atoms with Gasteiger partial charge in [0.15, 0.2) is 24.7 Å². The van der Waals surface area contributed by atoms with E-state index in [1.54, 1.807) is 6.92 Å². The van der Waals surface area contributed by atoms with Gasteiger partial charge < -0.3 is 89.0 Å². The second-order valence-electron chi connectivity index (χ2n) is 21.4. The number of hydrogen-bond donors (Lipinski definition) is 10. The Morgan fingerprint density at radius 3 is 2.02 bits per heavy atom. The second kappa shape index (κ2) is 18.4. The Balaban J connectivity index is 0.845. The normalized spacial score (nSPS) is 56.2. The average molecular weight is 915 g/mol. The summed E-state index contributed by atoms with van der Waals surface area (Å²) in [6.07, 6.45) is -10.5. The minimum absolute atomic E-state index is 0.0118. The van der Waals surface area contributed by atoms with E-state index in [-0.39, 0.29) is 41.5 Å². The molecule has 5 heterocycles. The lowest BCUT2D eigenvalue weighted by Crippen LogP contribution is -2.66. The van der Waals surface area contributed by atoms with Gasteiger partial charge in [-0.25, -0.2) is 0 Å². The number of ether oxygens (including phenoxy) is 8. The minimum atomic E-state index is -1.81. The molecule has 8 fully saturated rings. The fraction of sp³-hybridized carbons (Fsp3) is 0.957. The van der Waals surface area contributed by atoms with Gasteiger partial charge in [0.25, 0.3) is 0 Å². The number of hydrogen-bond acceptors (Lipinski definition) is 18. The topological polar surface area (TPSA) is 276 Å². The van der Waals surface area contributed by atoms with Gasteiger partial charge in [0, 0.05) is 30.8 Å². The van der Waals surface area contributed by atoms with Crippen LogP contribution in [0.1, 0.15) is 85.5 Å².